The fourth-order valence-corrected chi connectivity index (χ4v) is 0.729. The standard InChI is InChI=1S/C8H15N/c1-5-9-8(4)6-7(2)3/h5-7H,1-4H3. The molecule has 0 fully saturated rings. The van der Waals surface area contributed by atoms with E-state index >= 15 is 0 Å². The van der Waals surface area contributed by atoms with Gasteiger partial charge in [0.15, 0.2) is 0 Å². The third kappa shape index (κ3) is 5.28. The maximum absolute atomic E-state index is 4.10. The van der Waals surface area contributed by atoms with Gasteiger partial charge < -0.3 is 0 Å². The quantitative estimate of drug-likeness (QED) is 0.503. The molecule has 0 heterocycles. The summed E-state index contributed by atoms with van der Waals surface area (Å²) in [5.74, 6) is 0.605. The second kappa shape index (κ2) is 4.30. The first-order chi connectivity index (χ1) is 4.16. The van der Waals surface area contributed by atoms with Gasteiger partial charge in [-0.2, -0.15) is 0 Å². The minimum Gasteiger partial charge on any atom is -0.267 e. The molecule has 0 aliphatic rings. The van der Waals surface area contributed by atoms with Crippen molar-refractivity contribution < 1.29 is 0 Å². The molecule has 0 radical (unpaired) electrons. The van der Waals surface area contributed by atoms with Crippen LogP contribution in [0.5, 0.6) is 0 Å². The van der Waals surface area contributed by atoms with Crippen molar-refractivity contribution in [2.75, 3.05) is 0 Å². The number of hydrogen-bond acceptors (Lipinski definition) is 1. The number of hydrogen-bond donors (Lipinski definition) is 0. The Hall–Kier alpha value is -0.590. The van der Waals surface area contributed by atoms with Crippen LogP contribution in [0.2, 0.25) is 0 Å². The Bertz CT molecular complexity index is 121. The Morgan fingerprint density at radius 3 is 2.33 bits per heavy atom. The predicted octanol–water partition coefficient (Wildman–Crippen LogP) is 2.64. The SMILES string of the molecule is CC=NC(C)=CC(C)C. The van der Waals surface area contributed by atoms with Gasteiger partial charge in [-0.15, -0.1) is 0 Å². The lowest BCUT2D eigenvalue weighted by Gasteiger charge is -1.94. The Labute approximate surface area is 57.5 Å². The number of allylic oxidation sites excluding steroid dienone is 2. The van der Waals surface area contributed by atoms with E-state index in [1.54, 1.807) is 0 Å². The van der Waals surface area contributed by atoms with Gasteiger partial charge in [0.1, 0.15) is 0 Å². The normalized spacial score (nSPS) is 13.7. The third-order valence-corrected chi connectivity index (χ3v) is 0.907. The monoisotopic (exact) mass is 125 g/mol. The Morgan fingerprint density at radius 2 is 2.00 bits per heavy atom. The Morgan fingerprint density at radius 1 is 1.44 bits per heavy atom. The fourth-order valence-electron chi connectivity index (χ4n) is 0.729. The summed E-state index contributed by atoms with van der Waals surface area (Å²) in [6.45, 7) is 8.24. The molecule has 0 atom stereocenters. The molecule has 0 unspecified atom stereocenters. The first-order valence-corrected chi connectivity index (χ1v) is 3.34. The molecule has 0 aromatic carbocycles. The van der Waals surface area contributed by atoms with E-state index in [1.165, 1.54) is 0 Å². The van der Waals surface area contributed by atoms with Crippen molar-refractivity contribution in [2.24, 2.45) is 10.9 Å². The van der Waals surface area contributed by atoms with Crippen LogP contribution >= 0.6 is 0 Å². The highest BCUT2D eigenvalue weighted by molar-refractivity contribution is 5.55. The summed E-state index contributed by atoms with van der Waals surface area (Å²) in [6, 6.07) is 0. The molecular weight excluding hydrogens is 110 g/mol. The van der Waals surface area contributed by atoms with Crippen LogP contribution in [0, 0.1) is 5.92 Å². The maximum Gasteiger partial charge on any atom is 0.0331 e. The van der Waals surface area contributed by atoms with Gasteiger partial charge in [-0.1, -0.05) is 19.9 Å². The van der Waals surface area contributed by atoms with Gasteiger partial charge >= 0.3 is 0 Å². The lowest BCUT2D eigenvalue weighted by atomic mass is 10.2. The molecule has 9 heavy (non-hydrogen) atoms. The van der Waals surface area contributed by atoms with E-state index in [0.29, 0.717) is 5.92 Å². The molecule has 0 saturated carbocycles. The van der Waals surface area contributed by atoms with Gasteiger partial charge in [0.2, 0.25) is 0 Å². The van der Waals surface area contributed by atoms with Crippen molar-refractivity contribution in [1.82, 2.24) is 0 Å². The zero-order chi connectivity index (χ0) is 7.28. The molecule has 0 aromatic rings. The van der Waals surface area contributed by atoms with Crippen molar-refractivity contribution in [1.29, 1.82) is 0 Å². The molecule has 1 nitrogen and oxygen atoms in total. The van der Waals surface area contributed by atoms with Crippen LogP contribution in [0.4, 0.5) is 0 Å². The van der Waals surface area contributed by atoms with Crippen LogP contribution in [0.15, 0.2) is 16.8 Å². The second-order valence-corrected chi connectivity index (χ2v) is 2.44. The lowest BCUT2D eigenvalue weighted by molar-refractivity contribution is 0.820. The van der Waals surface area contributed by atoms with E-state index in [9.17, 15) is 0 Å². The first kappa shape index (κ1) is 8.41. The molecular formula is C8H15N. The van der Waals surface area contributed by atoms with E-state index in [-0.39, 0.29) is 0 Å². The lowest BCUT2D eigenvalue weighted by Crippen LogP contribution is -1.80. The molecule has 0 aliphatic heterocycles. The minimum absolute atomic E-state index is 0.605. The second-order valence-electron chi connectivity index (χ2n) is 2.44. The summed E-state index contributed by atoms with van der Waals surface area (Å²) in [4.78, 5) is 4.10. The average molecular weight is 125 g/mol. The van der Waals surface area contributed by atoms with E-state index in [2.05, 4.69) is 24.9 Å². The third-order valence-electron chi connectivity index (χ3n) is 0.907. The van der Waals surface area contributed by atoms with Crippen molar-refractivity contribution in [3.63, 3.8) is 0 Å². The van der Waals surface area contributed by atoms with E-state index < -0.39 is 0 Å². The molecule has 0 aliphatic carbocycles. The zero-order valence-corrected chi connectivity index (χ0v) is 6.68. The minimum atomic E-state index is 0.605. The smallest absolute Gasteiger partial charge is 0.0331 e. The average Bonchev–Trinajstić information content (AvgIpc) is 1.63. The highest BCUT2D eigenvalue weighted by Gasteiger charge is 1.85. The van der Waals surface area contributed by atoms with Gasteiger partial charge in [0.25, 0.3) is 0 Å². The van der Waals surface area contributed by atoms with E-state index in [4.69, 9.17) is 0 Å². The number of rotatable bonds is 2. The highest BCUT2D eigenvalue weighted by atomic mass is 14.7. The predicted molar refractivity (Wildman–Crippen MR) is 42.8 cm³/mol. The topological polar surface area (TPSA) is 12.4 Å². The first-order valence-electron chi connectivity index (χ1n) is 3.34. The van der Waals surface area contributed by atoms with Gasteiger partial charge in [0.05, 0.1) is 0 Å². The fraction of sp³-hybridized carbons (Fsp3) is 0.625. The summed E-state index contributed by atoms with van der Waals surface area (Å²) >= 11 is 0. The molecule has 0 N–H and O–H groups in total. The maximum atomic E-state index is 4.10. The van der Waals surface area contributed by atoms with Crippen LogP contribution < -0.4 is 0 Å². The van der Waals surface area contributed by atoms with Crippen LogP contribution in [-0.2, 0) is 0 Å². The van der Waals surface area contributed by atoms with Gasteiger partial charge in [0, 0.05) is 11.9 Å². The molecule has 0 bridgehead atoms. The van der Waals surface area contributed by atoms with Crippen molar-refractivity contribution >= 4 is 6.21 Å². The summed E-state index contributed by atoms with van der Waals surface area (Å²) in [5, 5.41) is 0. The zero-order valence-electron chi connectivity index (χ0n) is 6.68. The van der Waals surface area contributed by atoms with Crippen molar-refractivity contribution in [2.45, 2.75) is 27.7 Å². The van der Waals surface area contributed by atoms with Crippen LogP contribution in [0.1, 0.15) is 27.7 Å². The molecule has 0 rings (SSSR count). The van der Waals surface area contributed by atoms with Gasteiger partial charge in [-0.25, -0.2) is 0 Å². The summed E-state index contributed by atoms with van der Waals surface area (Å²) in [5.41, 5.74) is 1.10. The van der Waals surface area contributed by atoms with Crippen LogP contribution in [0.3, 0.4) is 0 Å². The number of aliphatic imine (C=N–C) groups is 1. The van der Waals surface area contributed by atoms with E-state index in [0.717, 1.165) is 5.70 Å². The summed E-state index contributed by atoms with van der Waals surface area (Å²) in [7, 11) is 0. The van der Waals surface area contributed by atoms with Gasteiger partial charge in [-0.3, -0.25) is 4.99 Å². The molecule has 0 amide bonds. The highest BCUT2D eigenvalue weighted by Crippen LogP contribution is 2.01. The molecule has 0 saturated heterocycles. The molecule has 52 valence electrons. The molecule has 0 spiro atoms. The summed E-state index contributed by atoms with van der Waals surface area (Å²) < 4.78 is 0. The molecule has 1 heteroatoms. The summed E-state index contributed by atoms with van der Waals surface area (Å²) in [6.07, 6.45) is 3.95. The molecule has 0 aromatic heterocycles. The largest absolute Gasteiger partial charge is 0.267 e. The Balaban J connectivity index is 3.84. The van der Waals surface area contributed by atoms with Crippen LogP contribution in [0.25, 0.3) is 0 Å². The van der Waals surface area contributed by atoms with Gasteiger partial charge in [-0.05, 0) is 19.8 Å². The van der Waals surface area contributed by atoms with Crippen molar-refractivity contribution in [3.8, 4) is 0 Å². The van der Waals surface area contributed by atoms with E-state index in [1.807, 2.05) is 20.1 Å². The number of nitrogens with zero attached hydrogens (tertiary/aromatic N) is 1. The van der Waals surface area contributed by atoms with Crippen LogP contribution in [-0.4, -0.2) is 6.21 Å². The Kier molecular flexibility index (Phi) is 4.02. The van der Waals surface area contributed by atoms with Crippen molar-refractivity contribution in [3.05, 3.63) is 11.8 Å².